The zero-order chi connectivity index (χ0) is 14.8. The van der Waals surface area contributed by atoms with Gasteiger partial charge in [0.25, 0.3) is 5.56 Å². The largest absolute Gasteiger partial charge is 0.296 e. The first-order valence-electron chi connectivity index (χ1n) is 6.54. The number of benzene rings is 2. The van der Waals surface area contributed by atoms with Crippen LogP contribution in [0.25, 0.3) is 23.1 Å². The fourth-order valence-corrected chi connectivity index (χ4v) is 2.17. The van der Waals surface area contributed by atoms with Crippen molar-refractivity contribution in [2.75, 3.05) is 0 Å². The first-order chi connectivity index (χ1) is 10.1. The van der Waals surface area contributed by atoms with E-state index >= 15 is 0 Å². The van der Waals surface area contributed by atoms with E-state index in [1.54, 1.807) is 43.5 Å². The van der Waals surface area contributed by atoms with Crippen LogP contribution in [-0.4, -0.2) is 9.55 Å². The third-order valence-electron chi connectivity index (χ3n) is 3.29. The van der Waals surface area contributed by atoms with Crippen molar-refractivity contribution in [1.29, 1.82) is 0 Å². The molecule has 3 rings (SSSR count). The van der Waals surface area contributed by atoms with Gasteiger partial charge < -0.3 is 0 Å². The maximum atomic E-state index is 13.1. The van der Waals surface area contributed by atoms with Gasteiger partial charge in [0.2, 0.25) is 0 Å². The Labute approximate surface area is 121 Å². The molecule has 1 aromatic heterocycles. The normalized spacial score (nSPS) is 11.3. The van der Waals surface area contributed by atoms with E-state index in [2.05, 4.69) is 4.98 Å². The third-order valence-corrected chi connectivity index (χ3v) is 3.29. The zero-order valence-corrected chi connectivity index (χ0v) is 11.5. The molecule has 0 atom stereocenters. The Morgan fingerprint density at radius 3 is 2.71 bits per heavy atom. The molecular formula is C17H13FN2O. The van der Waals surface area contributed by atoms with Gasteiger partial charge in [-0.1, -0.05) is 30.3 Å². The van der Waals surface area contributed by atoms with Gasteiger partial charge in [0.1, 0.15) is 11.6 Å². The topological polar surface area (TPSA) is 34.9 Å². The molecule has 0 spiro atoms. The summed E-state index contributed by atoms with van der Waals surface area (Å²) in [6.07, 6.45) is 3.45. The lowest BCUT2D eigenvalue weighted by Crippen LogP contribution is -2.20. The Balaban J connectivity index is 2.09. The minimum atomic E-state index is -0.294. The molecule has 4 heteroatoms. The van der Waals surface area contributed by atoms with Crippen molar-refractivity contribution in [1.82, 2.24) is 9.55 Å². The minimum absolute atomic E-state index is 0.0977. The summed E-state index contributed by atoms with van der Waals surface area (Å²) < 4.78 is 14.6. The molecule has 21 heavy (non-hydrogen) atoms. The summed E-state index contributed by atoms with van der Waals surface area (Å²) in [6.45, 7) is 0. The molecule has 0 bridgehead atoms. The van der Waals surface area contributed by atoms with Crippen LogP contribution in [0.4, 0.5) is 4.39 Å². The number of nitrogens with zero attached hydrogens (tertiary/aromatic N) is 2. The predicted molar refractivity (Wildman–Crippen MR) is 82.3 cm³/mol. The summed E-state index contributed by atoms with van der Waals surface area (Å²) in [5, 5.41) is 0.586. The average molecular weight is 280 g/mol. The van der Waals surface area contributed by atoms with Crippen LogP contribution in [0, 0.1) is 5.82 Å². The molecule has 3 aromatic rings. The lowest BCUT2D eigenvalue weighted by molar-refractivity contribution is 0.627. The number of aromatic nitrogens is 2. The Hall–Kier alpha value is -2.75. The number of para-hydroxylation sites is 1. The molecule has 1 heterocycles. The summed E-state index contributed by atoms with van der Waals surface area (Å²) in [4.78, 5) is 16.7. The molecule has 2 aromatic carbocycles. The number of fused-ring (bicyclic) bond motifs is 1. The van der Waals surface area contributed by atoms with Gasteiger partial charge in [-0.05, 0) is 35.9 Å². The molecule has 0 fully saturated rings. The Morgan fingerprint density at radius 1 is 1.10 bits per heavy atom. The molecule has 0 radical (unpaired) electrons. The molecule has 0 amide bonds. The van der Waals surface area contributed by atoms with Crippen molar-refractivity contribution < 1.29 is 4.39 Å². The highest BCUT2D eigenvalue weighted by molar-refractivity contribution is 5.79. The van der Waals surface area contributed by atoms with Crippen molar-refractivity contribution in [2.24, 2.45) is 7.05 Å². The second-order valence-corrected chi connectivity index (χ2v) is 4.74. The quantitative estimate of drug-likeness (QED) is 0.722. The van der Waals surface area contributed by atoms with Crippen LogP contribution in [0.5, 0.6) is 0 Å². The van der Waals surface area contributed by atoms with E-state index in [4.69, 9.17) is 0 Å². The molecule has 0 saturated carbocycles. The highest BCUT2D eigenvalue weighted by Crippen LogP contribution is 2.11. The SMILES string of the molecule is Cn1c(C=Cc2cccc(F)c2)nc2ccccc2c1=O. The van der Waals surface area contributed by atoms with Crippen molar-refractivity contribution in [3.8, 4) is 0 Å². The smallest absolute Gasteiger partial charge is 0.261 e. The van der Waals surface area contributed by atoms with Gasteiger partial charge in [-0.3, -0.25) is 9.36 Å². The van der Waals surface area contributed by atoms with E-state index in [0.717, 1.165) is 5.56 Å². The Kier molecular flexibility index (Phi) is 3.36. The van der Waals surface area contributed by atoms with Gasteiger partial charge in [-0.15, -0.1) is 0 Å². The van der Waals surface area contributed by atoms with Crippen molar-refractivity contribution in [3.05, 3.63) is 76.1 Å². The summed E-state index contributed by atoms with van der Waals surface area (Å²) >= 11 is 0. The second kappa shape index (κ2) is 5.32. The van der Waals surface area contributed by atoms with Crippen LogP contribution in [0.2, 0.25) is 0 Å². The standard InChI is InChI=1S/C17H13FN2O/c1-20-16(10-9-12-5-4-6-13(18)11-12)19-15-8-3-2-7-14(15)17(20)21/h2-11H,1H3. The van der Waals surface area contributed by atoms with Crippen molar-refractivity contribution >= 4 is 23.1 Å². The van der Waals surface area contributed by atoms with Gasteiger partial charge >= 0.3 is 0 Å². The van der Waals surface area contributed by atoms with E-state index in [9.17, 15) is 9.18 Å². The van der Waals surface area contributed by atoms with Gasteiger partial charge in [0.15, 0.2) is 0 Å². The number of rotatable bonds is 2. The lowest BCUT2D eigenvalue weighted by Gasteiger charge is -2.05. The van der Waals surface area contributed by atoms with Gasteiger partial charge in [-0.2, -0.15) is 0 Å². The average Bonchev–Trinajstić information content (AvgIpc) is 2.50. The van der Waals surface area contributed by atoms with Gasteiger partial charge in [0, 0.05) is 7.05 Å². The highest BCUT2D eigenvalue weighted by Gasteiger charge is 2.05. The monoisotopic (exact) mass is 280 g/mol. The van der Waals surface area contributed by atoms with E-state index in [1.165, 1.54) is 16.7 Å². The van der Waals surface area contributed by atoms with Gasteiger partial charge in [-0.25, -0.2) is 9.37 Å². The fraction of sp³-hybridized carbons (Fsp3) is 0.0588. The van der Waals surface area contributed by atoms with Crippen LogP contribution in [0.3, 0.4) is 0 Å². The summed E-state index contributed by atoms with van der Waals surface area (Å²) in [6, 6.07) is 13.5. The molecule has 0 aliphatic carbocycles. The fourth-order valence-electron chi connectivity index (χ4n) is 2.17. The number of halogens is 1. The van der Waals surface area contributed by atoms with E-state index in [0.29, 0.717) is 16.7 Å². The second-order valence-electron chi connectivity index (χ2n) is 4.74. The maximum Gasteiger partial charge on any atom is 0.261 e. The summed E-state index contributed by atoms with van der Waals surface area (Å²) in [7, 11) is 1.67. The zero-order valence-electron chi connectivity index (χ0n) is 11.5. The van der Waals surface area contributed by atoms with E-state index in [1.807, 2.05) is 12.1 Å². The molecule has 3 nitrogen and oxygen atoms in total. The molecule has 0 aliphatic rings. The van der Waals surface area contributed by atoms with E-state index < -0.39 is 0 Å². The summed E-state index contributed by atoms with van der Waals surface area (Å²) in [5.41, 5.74) is 1.27. The molecule has 0 N–H and O–H groups in total. The Morgan fingerprint density at radius 2 is 1.90 bits per heavy atom. The van der Waals surface area contributed by atoms with Crippen LogP contribution in [0.15, 0.2) is 53.3 Å². The predicted octanol–water partition coefficient (Wildman–Crippen LogP) is 3.24. The molecule has 0 saturated heterocycles. The third kappa shape index (κ3) is 2.60. The van der Waals surface area contributed by atoms with Crippen LogP contribution in [-0.2, 0) is 7.05 Å². The van der Waals surface area contributed by atoms with Gasteiger partial charge in [0.05, 0.1) is 10.9 Å². The number of hydrogen-bond donors (Lipinski definition) is 0. The first kappa shape index (κ1) is 13.2. The molecule has 0 unspecified atom stereocenters. The molecular weight excluding hydrogens is 267 g/mol. The Bertz CT molecular complexity index is 897. The number of hydrogen-bond acceptors (Lipinski definition) is 2. The van der Waals surface area contributed by atoms with Crippen molar-refractivity contribution in [2.45, 2.75) is 0 Å². The van der Waals surface area contributed by atoms with Crippen LogP contribution >= 0.6 is 0 Å². The van der Waals surface area contributed by atoms with E-state index in [-0.39, 0.29) is 11.4 Å². The summed E-state index contributed by atoms with van der Waals surface area (Å²) in [5.74, 6) is 0.237. The molecule has 104 valence electrons. The first-order valence-corrected chi connectivity index (χ1v) is 6.54. The maximum absolute atomic E-state index is 13.1. The van der Waals surface area contributed by atoms with Crippen LogP contribution < -0.4 is 5.56 Å². The lowest BCUT2D eigenvalue weighted by atomic mass is 10.2. The van der Waals surface area contributed by atoms with Crippen LogP contribution in [0.1, 0.15) is 11.4 Å². The minimum Gasteiger partial charge on any atom is -0.296 e. The highest BCUT2D eigenvalue weighted by atomic mass is 19.1. The van der Waals surface area contributed by atoms with Crippen molar-refractivity contribution in [3.63, 3.8) is 0 Å². The molecule has 0 aliphatic heterocycles.